The number of amides is 6. The molecule has 16 heteroatoms. The van der Waals surface area contributed by atoms with E-state index in [-0.39, 0.29) is 56.4 Å². The first-order valence-corrected chi connectivity index (χ1v) is 12.1. The summed E-state index contributed by atoms with van der Waals surface area (Å²) in [5.74, 6) is -4.67. The van der Waals surface area contributed by atoms with Crippen LogP contribution >= 0.6 is 0 Å². The first kappa shape index (κ1) is 30.1. The van der Waals surface area contributed by atoms with Crippen LogP contribution in [0.3, 0.4) is 0 Å². The van der Waals surface area contributed by atoms with Gasteiger partial charge in [-0.05, 0) is 18.2 Å². The summed E-state index contributed by atoms with van der Waals surface area (Å²) in [7, 11) is 0. The maximum absolute atomic E-state index is 12.3. The molecule has 40 heavy (non-hydrogen) atoms. The summed E-state index contributed by atoms with van der Waals surface area (Å²) < 4.78 is 0. The third-order valence-corrected chi connectivity index (χ3v) is 5.81. The molecule has 16 nitrogen and oxygen atoms in total. The monoisotopic (exact) mass is 557 g/mol. The van der Waals surface area contributed by atoms with Gasteiger partial charge in [-0.3, -0.25) is 34.5 Å². The van der Waals surface area contributed by atoms with Gasteiger partial charge >= 0.3 is 35.4 Å². The highest BCUT2D eigenvalue weighted by atomic mass is 16.5. The fourth-order valence-corrected chi connectivity index (χ4v) is 3.69. The zero-order valence-electron chi connectivity index (χ0n) is 21.1. The lowest BCUT2D eigenvalue weighted by Crippen LogP contribution is -3.09. The van der Waals surface area contributed by atoms with Crippen LogP contribution in [0, 0.1) is 15.6 Å². The van der Waals surface area contributed by atoms with E-state index in [1.165, 1.54) is 36.5 Å². The van der Waals surface area contributed by atoms with Gasteiger partial charge in [-0.1, -0.05) is 0 Å². The van der Waals surface area contributed by atoms with Crippen LogP contribution in [0.15, 0.2) is 71.8 Å². The summed E-state index contributed by atoms with van der Waals surface area (Å²) in [6.45, 7) is 0.594. The normalized spacial score (nSPS) is 22.1. The third kappa shape index (κ3) is 7.80. The molecule has 0 radical (unpaired) electrons. The van der Waals surface area contributed by atoms with Crippen LogP contribution in [-0.2, 0) is 28.8 Å². The van der Waals surface area contributed by atoms with Gasteiger partial charge in [-0.25, -0.2) is 14.4 Å². The molecule has 0 saturated heterocycles. The van der Waals surface area contributed by atoms with E-state index in [9.17, 15) is 44.4 Å². The second-order valence-corrected chi connectivity index (χ2v) is 8.51. The topological polar surface area (TPSA) is 224 Å². The van der Waals surface area contributed by atoms with E-state index in [0.29, 0.717) is 0 Å². The van der Waals surface area contributed by atoms with Gasteiger partial charge in [0.1, 0.15) is 0 Å². The van der Waals surface area contributed by atoms with Crippen LogP contribution in [0.4, 0.5) is 0 Å². The van der Waals surface area contributed by atoms with Gasteiger partial charge in [0.05, 0.1) is 0 Å². The lowest BCUT2D eigenvalue weighted by Gasteiger charge is -2.25. The molecule has 6 amide bonds. The standard InChI is InChI=1S/C24H27N7O9/c32-19-7-1-4-16(29(19)38)22(35)25-10-13-28(14-11-26-23(36)17-5-2-8-20(33)30(17)39)15-12-27-24(37)18-6-3-9-21(34)31(18)40/h1-9,29-31H,10-15H2,(H,25,35)(H,26,36)(H,27,37). The van der Waals surface area contributed by atoms with Crippen LogP contribution in [0.5, 0.6) is 0 Å². The van der Waals surface area contributed by atoms with Crippen molar-refractivity contribution in [1.29, 1.82) is 0 Å². The molecule has 0 bridgehead atoms. The van der Waals surface area contributed by atoms with Gasteiger partial charge in [-0.2, -0.15) is 0 Å². The Morgan fingerprint density at radius 2 is 0.850 bits per heavy atom. The first-order valence-electron chi connectivity index (χ1n) is 12.1. The summed E-state index contributed by atoms with van der Waals surface area (Å²) in [4.78, 5) is 73.3. The maximum atomic E-state index is 12.3. The molecule has 3 rings (SSSR count). The zero-order valence-corrected chi connectivity index (χ0v) is 21.1. The maximum Gasteiger partial charge on any atom is 0.342 e. The Labute approximate surface area is 227 Å². The minimum Gasteiger partial charge on any atom is -0.621 e. The molecular formula is C24H27N7O9. The Morgan fingerprint density at radius 1 is 0.575 bits per heavy atom. The quantitative estimate of drug-likeness (QED) is 0.124. The van der Waals surface area contributed by atoms with Gasteiger partial charge in [0, 0.05) is 75.7 Å². The predicted molar refractivity (Wildman–Crippen MR) is 135 cm³/mol. The van der Waals surface area contributed by atoms with E-state index in [4.69, 9.17) is 0 Å². The Balaban J connectivity index is 1.54. The molecular weight excluding hydrogens is 530 g/mol. The highest BCUT2D eigenvalue weighted by molar-refractivity contribution is 5.97. The van der Waals surface area contributed by atoms with E-state index < -0.39 is 50.6 Å². The van der Waals surface area contributed by atoms with Crippen molar-refractivity contribution >= 4 is 35.4 Å². The minimum atomic E-state index is -0.929. The van der Waals surface area contributed by atoms with Crippen molar-refractivity contribution in [1.82, 2.24) is 20.9 Å². The van der Waals surface area contributed by atoms with E-state index in [1.54, 1.807) is 4.90 Å². The molecule has 3 heterocycles. The van der Waals surface area contributed by atoms with Crippen molar-refractivity contribution in [2.24, 2.45) is 0 Å². The average molecular weight is 558 g/mol. The summed E-state index contributed by atoms with van der Waals surface area (Å²) in [5, 5.41) is 40.5. The summed E-state index contributed by atoms with van der Waals surface area (Å²) >= 11 is 0. The summed E-state index contributed by atoms with van der Waals surface area (Å²) in [6.07, 6.45) is 10.7. The number of hydrogen-bond donors (Lipinski definition) is 6. The Bertz CT molecular complexity index is 1110. The zero-order chi connectivity index (χ0) is 29.2. The van der Waals surface area contributed by atoms with Crippen molar-refractivity contribution in [3.63, 3.8) is 0 Å². The second-order valence-electron chi connectivity index (χ2n) is 8.51. The highest BCUT2D eigenvalue weighted by Gasteiger charge is 2.26. The Morgan fingerprint density at radius 3 is 1.12 bits per heavy atom. The molecule has 0 spiro atoms. The minimum absolute atomic E-state index is 0.0229. The summed E-state index contributed by atoms with van der Waals surface area (Å²) in [6, 6.07) is 0. The largest absolute Gasteiger partial charge is 0.621 e. The predicted octanol–water partition coefficient (Wildman–Crippen LogP) is -6.27. The van der Waals surface area contributed by atoms with Gasteiger partial charge < -0.3 is 31.6 Å². The van der Waals surface area contributed by atoms with Crippen molar-refractivity contribution in [3.8, 4) is 0 Å². The molecule has 212 valence electrons. The molecule has 3 unspecified atom stereocenters. The fraction of sp³-hybridized carbons (Fsp3) is 0.250. The number of carbonyl (C=O) groups excluding carboxylic acids is 6. The molecule has 3 aliphatic rings. The van der Waals surface area contributed by atoms with Gasteiger partial charge in [0.15, 0.2) is 0 Å². The number of hydroxylamine groups is 6. The fourth-order valence-electron chi connectivity index (χ4n) is 3.69. The molecule has 6 N–H and O–H groups in total. The number of nitrogens with zero attached hydrogens (tertiary/aromatic N) is 1. The van der Waals surface area contributed by atoms with Crippen LogP contribution in [0.25, 0.3) is 0 Å². The van der Waals surface area contributed by atoms with Crippen molar-refractivity contribution in [3.05, 3.63) is 87.4 Å². The average Bonchev–Trinajstić information content (AvgIpc) is 2.92. The van der Waals surface area contributed by atoms with E-state index in [2.05, 4.69) is 16.0 Å². The molecule has 0 aromatic carbocycles. The molecule has 0 fully saturated rings. The van der Waals surface area contributed by atoms with E-state index in [0.717, 1.165) is 18.2 Å². The first-order chi connectivity index (χ1) is 19.1. The smallest absolute Gasteiger partial charge is 0.342 e. The van der Waals surface area contributed by atoms with Crippen LogP contribution < -0.4 is 31.1 Å². The molecule has 0 aromatic rings. The second kappa shape index (κ2) is 14.1. The number of quaternary nitrogens is 3. The van der Waals surface area contributed by atoms with Crippen LogP contribution in [-0.4, -0.2) is 79.6 Å². The lowest BCUT2D eigenvalue weighted by atomic mass is 10.2. The van der Waals surface area contributed by atoms with Crippen molar-refractivity contribution in [2.45, 2.75) is 0 Å². The van der Waals surface area contributed by atoms with Crippen molar-refractivity contribution in [2.75, 3.05) is 39.3 Å². The van der Waals surface area contributed by atoms with Gasteiger partial charge in [0.2, 0.25) is 17.1 Å². The van der Waals surface area contributed by atoms with Gasteiger partial charge in [-0.15, -0.1) is 0 Å². The van der Waals surface area contributed by atoms with E-state index >= 15 is 0 Å². The lowest BCUT2D eigenvalue weighted by molar-refractivity contribution is -0.712. The number of allylic oxidation sites excluding steroid dienone is 6. The SMILES string of the molecule is O=C(NCCN(CCNC(=O)C1=CC=CC(=O)[NH+]1[O-])CCNC(=O)C1=CC=CC(=O)[NH+]1[O-])C1=CC=CC(=O)[NH+]1[O-]. The molecule has 0 saturated carbocycles. The number of nitrogens with one attached hydrogen (secondary N) is 6. The number of carbonyl (C=O) groups is 6. The van der Waals surface area contributed by atoms with E-state index in [1.807, 2.05) is 0 Å². The Kier molecular flexibility index (Phi) is 10.6. The Hall–Kier alpha value is -4.42. The summed E-state index contributed by atoms with van der Waals surface area (Å²) in [5.41, 5.74) is -0.912. The van der Waals surface area contributed by atoms with Crippen LogP contribution in [0.2, 0.25) is 0 Å². The number of rotatable bonds is 12. The van der Waals surface area contributed by atoms with Gasteiger partial charge in [0.25, 0.3) is 0 Å². The molecule has 3 aliphatic heterocycles. The molecule has 0 aromatic heterocycles. The number of hydrogen-bond acceptors (Lipinski definition) is 10. The highest BCUT2D eigenvalue weighted by Crippen LogP contribution is 1.96. The van der Waals surface area contributed by atoms with Crippen molar-refractivity contribution < 1.29 is 44.0 Å². The third-order valence-electron chi connectivity index (χ3n) is 5.81. The molecule has 0 aliphatic carbocycles. The molecule has 3 atom stereocenters. The van der Waals surface area contributed by atoms with Crippen LogP contribution in [0.1, 0.15) is 0 Å².